The van der Waals surface area contributed by atoms with Crippen molar-refractivity contribution in [2.24, 2.45) is 5.92 Å². The minimum atomic E-state index is -0.0186. The number of carbonyl (C=O) groups is 1. The summed E-state index contributed by atoms with van der Waals surface area (Å²) in [6, 6.07) is 17.9. The fraction of sp³-hybridized carbons (Fsp3) is 0.250. The molecule has 0 unspecified atom stereocenters. The van der Waals surface area contributed by atoms with Crippen molar-refractivity contribution in [3.8, 4) is 0 Å². The lowest BCUT2D eigenvalue weighted by Crippen LogP contribution is -2.15. The minimum Gasteiger partial charge on any atom is -0.324 e. The maximum absolute atomic E-state index is 12.7. The molecule has 2 aromatic carbocycles. The van der Waals surface area contributed by atoms with Crippen LogP contribution in [-0.4, -0.2) is 10.9 Å². The van der Waals surface area contributed by atoms with E-state index >= 15 is 0 Å². The van der Waals surface area contributed by atoms with Gasteiger partial charge in [0, 0.05) is 11.6 Å². The summed E-state index contributed by atoms with van der Waals surface area (Å²) < 4.78 is 0. The number of carbonyl (C=O) groups excluding carboxylic acids is 1. The summed E-state index contributed by atoms with van der Waals surface area (Å²) >= 11 is 0. The van der Waals surface area contributed by atoms with E-state index in [9.17, 15) is 4.79 Å². The van der Waals surface area contributed by atoms with E-state index in [1.807, 2.05) is 48.5 Å². The van der Waals surface area contributed by atoms with Gasteiger partial charge in [0.25, 0.3) is 0 Å². The predicted molar refractivity (Wildman–Crippen MR) is 112 cm³/mol. The second kappa shape index (κ2) is 8.17. The Morgan fingerprint density at radius 1 is 1.04 bits per heavy atom. The first kappa shape index (κ1) is 17.5. The van der Waals surface area contributed by atoms with Gasteiger partial charge in [0.15, 0.2) is 0 Å². The molecule has 0 aliphatic heterocycles. The first-order valence-corrected chi connectivity index (χ1v) is 9.69. The number of aromatic nitrogens is 1. The Balaban J connectivity index is 1.49. The quantitative estimate of drug-likeness (QED) is 0.645. The van der Waals surface area contributed by atoms with E-state index in [0.29, 0.717) is 12.3 Å². The van der Waals surface area contributed by atoms with E-state index < -0.39 is 0 Å². The smallest absolute Gasteiger partial charge is 0.228 e. The molecule has 3 heteroatoms. The van der Waals surface area contributed by atoms with Crippen LogP contribution in [0.2, 0.25) is 0 Å². The van der Waals surface area contributed by atoms with Crippen LogP contribution in [0.25, 0.3) is 17.0 Å². The van der Waals surface area contributed by atoms with Crippen molar-refractivity contribution in [3.05, 3.63) is 78.0 Å². The van der Waals surface area contributed by atoms with Gasteiger partial charge in [0.05, 0.1) is 17.6 Å². The van der Waals surface area contributed by atoms with Crippen LogP contribution in [0.1, 0.15) is 36.8 Å². The first-order valence-electron chi connectivity index (χ1n) is 9.69. The molecule has 1 aromatic heterocycles. The molecular formula is C24H24N2O. The molecule has 0 saturated heterocycles. The molecule has 1 saturated carbocycles. The lowest BCUT2D eigenvalue weighted by Gasteiger charge is -2.10. The highest BCUT2D eigenvalue weighted by Crippen LogP contribution is 2.27. The van der Waals surface area contributed by atoms with Crippen molar-refractivity contribution >= 4 is 28.6 Å². The number of amides is 1. The predicted octanol–water partition coefficient (Wildman–Crippen LogP) is 5.62. The summed E-state index contributed by atoms with van der Waals surface area (Å²) in [5.74, 6) is 0.670. The molecule has 1 aliphatic carbocycles. The van der Waals surface area contributed by atoms with E-state index in [1.165, 1.54) is 25.7 Å². The minimum absolute atomic E-state index is 0.0186. The Kier molecular flexibility index (Phi) is 5.29. The molecule has 1 fully saturated rings. The number of benzene rings is 2. The average molecular weight is 356 g/mol. The van der Waals surface area contributed by atoms with Crippen LogP contribution < -0.4 is 5.32 Å². The lowest BCUT2D eigenvalue weighted by molar-refractivity contribution is -0.115. The zero-order valence-electron chi connectivity index (χ0n) is 15.4. The second-order valence-corrected chi connectivity index (χ2v) is 7.21. The average Bonchev–Trinajstić information content (AvgIpc) is 3.21. The molecule has 0 spiro atoms. The van der Waals surface area contributed by atoms with Crippen LogP contribution in [0.15, 0.2) is 66.9 Å². The molecule has 0 atom stereocenters. The maximum Gasteiger partial charge on any atom is 0.228 e. The number of para-hydroxylation sites is 1. The number of allylic oxidation sites excluding steroid dienone is 1. The molecule has 1 amide bonds. The van der Waals surface area contributed by atoms with Crippen LogP contribution in [0.5, 0.6) is 0 Å². The zero-order valence-corrected chi connectivity index (χ0v) is 15.4. The standard InChI is InChI=1S/C24H24N2O/c27-23(26-22-13-5-11-20-12-6-16-25-24(20)22)17-21-10-4-3-9-19(21)15-14-18-7-1-2-8-18/h3-6,9-16,18H,1-2,7-8,17H2,(H,26,27)/b15-14+. The number of fused-ring (bicyclic) bond motifs is 1. The third kappa shape index (κ3) is 4.25. The zero-order chi connectivity index (χ0) is 18.5. The molecule has 3 nitrogen and oxygen atoms in total. The largest absolute Gasteiger partial charge is 0.324 e. The monoisotopic (exact) mass is 356 g/mol. The Morgan fingerprint density at radius 3 is 2.74 bits per heavy atom. The first-order chi connectivity index (χ1) is 13.3. The third-order valence-electron chi connectivity index (χ3n) is 5.26. The van der Waals surface area contributed by atoms with E-state index in [4.69, 9.17) is 0 Å². The van der Waals surface area contributed by atoms with Crippen LogP contribution in [-0.2, 0) is 11.2 Å². The van der Waals surface area contributed by atoms with Gasteiger partial charge >= 0.3 is 0 Å². The number of hydrogen-bond donors (Lipinski definition) is 1. The molecule has 0 bridgehead atoms. The van der Waals surface area contributed by atoms with Gasteiger partial charge in [-0.25, -0.2) is 0 Å². The fourth-order valence-electron chi connectivity index (χ4n) is 3.82. The van der Waals surface area contributed by atoms with Crippen molar-refractivity contribution < 1.29 is 4.79 Å². The van der Waals surface area contributed by atoms with Gasteiger partial charge in [0.1, 0.15) is 0 Å². The van der Waals surface area contributed by atoms with E-state index in [2.05, 4.69) is 28.5 Å². The van der Waals surface area contributed by atoms with E-state index in [0.717, 1.165) is 27.7 Å². The van der Waals surface area contributed by atoms with Gasteiger partial charge in [-0.05, 0) is 42.0 Å². The molecule has 136 valence electrons. The normalized spacial score (nSPS) is 14.8. The lowest BCUT2D eigenvalue weighted by atomic mass is 10.0. The summed E-state index contributed by atoms with van der Waals surface area (Å²) in [6.07, 6.45) is 11.8. The Bertz CT molecular complexity index is 966. The van der Waals surface area contributed by atoms with Crippen LogP contribution in [0.3, 0.4) is 0 Å². The number of nitrogens with zero attached hydrogens (tertiary/aromatic N) is 1. The van der Waals surface area contributed by atoms with Crippen molar-refractivity contribution in [1.29, 1.82) is 0 Å². The van der Waals surface area contributed by atoms with Gasteiger partial charge in [-0.1, -0.05) is 67.5 Å². The summed E-state index contributed by atoms with van der Waals surface area (Å²) in [5.41, 5.74) is 3.77. The van der Waals surface area contributed by atoms with Crippen LogP contribution >= 0.6 is 0 Å². The molecule has 1 heterocycles. The topological polar surface area (TPSA) is 42.0 Å². The maximum atomic E-state index is 12.7. The molecule has 0 radical (unpaired) electrons. The SMILES string of the molecule is O=C(Cc1ccccc1/C=C/C1CCCC1)Nc1cccc2cccnc12. The summed E-state index contributed by atoms with van der Waals surface area (Å²) in [6.45, 7) is 0. The van der Waals surface area contributed by atoms with Crippen molar-refractivity contribution in [2.75, 3.05) is 5.32 Å². The van der Waals surface area contributed by atoms with Gasteiger partial charge in [-0.3, -0.25) is 9.78 Å². The molecule has 27 heavy (non-hydrogen) atoms. The fourth-order valence-corrected chi connectivity index (χ4v) is 3.82. The molecule has 3 aromatic rings. The van der Waals surface area contributed by atoms with E-state index in [1.54, 1.807) is 6.20 Å². The number of rotatable bonds is 5. The molecule has 4 rings (SSSR count). The molecule has 1 aliphatic rings. The summed E-state index contributed by atoms with van der Waals surface area (Å²) in [5, 5.41) is 4.06. The molecule has 1 N–H and O–H groups in total. The molecular weight excluding hydrogens is 332 g/mol. The van der Waals surface area contributed by atoms with Crippen LogP contribution in [0.4, 0.5) is 5.69 Å². The Morgan fingerprint density at radius 2 is 1.85 bits per heavy atom. The number of anilines is 1. The highest BCUT2D eigenvalue weighted by molar-refractivity contribution is 6.01. The van der Waals surface area contributed by atoms with Gasteiger partial charge in [0.2, 0.25) is 5.91 Å². The van der Waals surface area contributed by atoms with Crippen molar-refractivity contribution in [1.82, 2.24) is 4.98 Å². The van der Waals surface area contributed by atoms with Crippen molar-refractivity contribution in [2.45, 2.75) is 32.1 Å². The van der Waals surface area contributed by atoms with Gasteiger partial charge < -0.3 is 5.32 Å². The summed E-state index contributed by atoms with van der Waals surface area (Å²) in [7, 11) is 0. The van der Waals surface area contributed by atoms with E-state index in [-0.39, 0.29) is 5.91 Å². The third-order valence-corrected chi connectivity index (χ3v) is 5.26. The second-order valence-electron chi connectivity index (χ2n) is 7.21. The van der Waals surface area contributed by atoms with Gasteiger partial charge in [-0.2, -0.15) is 0 Å². The summed E-state index contributed by atoms with van der Waals surface area (Å²) in [4.78, 5) is 17.1. The van der Waals surface area contributed by atoms with Crippen LogP contribution in [0, 0.1) is 5.92 Å². The number of pyridine rings is 1. The highest BCUT2D eigenvalue weighted by atomic mass is 16.1. The highest BCUT2D eigenvalue weighted by Gasteiger charge is 2.12. The number of nitrogens with one attached hydrogen (secondary N) is 1. The van der Waals surface area contributed by atoms with Gasteiger partial charge in [-0.15, -0.1) is 0 Å². The Hall–Kier alpha value is -2.94. The Labute approximate surface area is 160 Å². The number of hydrogen-bond acceptors (Lipinski definition) is 2. The van der Waals surface area contributed by atoms with Crippen molar-refractivity contribution in [3.63, 3.8) is 0 Å².